The quantitative estimate of drug-likeness (QED) is 0.781. The van der Waals surface area contributed by atoms with Crippen molar-refractivity contribution in [3.63, 3.8) is 0 Å². The van der Waals surface area contributed by atoms with Crippen LogP contribution in [0.15, 0.2) is 36.4 Å². The fraction of sp³-hybridized carbons (Fsp3) is 0.529. The van der Waals surface area contributed by atoms with Gasteiger partial charge in [0.1, 0.15) is 0 Å². The van der Waals surface area contributed by atoms with E-state index in [4.69, 9.17) is 0 Å². The molecule has 3 rings (SSSR count). The molecule has 1 saturated carbocycles. The van der Waals surface area contributed by atoms with E-state index in [9.17, 15) is 0 Å². The fourth-order valence-corrected chi connectivity index (χ4v) is 2.91. The maximum Gasteiger partial charge on any atom is 0.0351 e. The summed E-state index contributed by atoms with van der Waals surface area (Å²) >= 11 is 0. The largest absolute Gasteiger partial charge is 0.307 e. The van der Waals surface area contributed by atoms with Crippen LogP contribution >= 0.6 is 0 Å². The molecule has 1 fully saturated rings. The minimum atomic E-state index is 0.585. The van der Waals surface area contributed by atoms with Crippen molar-refractivity contribution in [3.8, 4) is 0 Å². The van der Waals surface area contributed by atoms with Crippen LogP contribution in [0.25, 0.3) is 0 Å². The Bertz CT molecular complexity index is 414. The molecular formula is C17H23N. The highest BCUT2D eigenvalue weighted by Crippen LogP contribution is 2.41. The highest BCUT2D eigenvalue weighted by Gasteiger charge is 2.33. The molecule has 1 N–H and O–H groups in total. The third-order valence-corrected chi connectivity index (χ3v) is 4.21. The molecule has 18 heavy (non-hydrogen) atoms. The zero-order valence-corrected chi connectivity index (χ0v) is 11.2. The summed E-state index contributed by atoms with van der Waals surface area (Å²) in [6.07, 6.45) is 11.2. The van der Waals surface area contributed by atoms with E-state index in [1.54, 1.807) is 0 Å². The summed E-state index contributed by atoms with van der Waals surface area (Å²) in [5.41, 5.74) is 2.84. The van der Waals surface area contributed by atoms with Gasteiger partial charge in [0.15, 0.2) is 0 Å². The first kappa shape index (κ1) is 12.0. The van der Waals surface area contributed by atoms with E-state index in [0.29, 0.717) is 12.1 Å². The Hall–Kier alpha value is -1.08. The van der Waals surface area contributed by atoms with Gasteiger partial charge in [-0.05, 0) is 50.5 Å². The van der Waals surface area contributed by atoms with Crippen molar-refractivity contribution in [2.45, 2.75) is 51.1 Å². The van der Waals surface area contributed by atoms with Crippen molar-refractivity contribution in [1.82, 2.24) is 5.32 Å². The molecule has 1 aromatic carbocycles. The summed E-state index contributed by atoms with van der Waals surface area (Å²) in [6.45, 7) is 2.16. The number of hydrogen-bond acceptors (Lipinski definition) is 1. The average molecular weight is 241 g/mol. The van der Waals surface area contributed by atoms with Crippen molar-refractivity contribution < 1.29 is 0 Å². The lowest BCUT2D eigenvalue weighted by Crippen LogP contribution is -2.34. The van der Waals surface area contributed by atoms with Gasteiger partial charge in [-0.25, -0.2) is 0 Å². The minimum absolute atomic E-state index is 0.585. The summed E-state index contributed by atoms with van der Waals surface area (Å²) in [4.78, 5) is 0. The van der Waals surface area contributed by atoms with Gasteiger partial charge in [0.2, 0.25) is 0 Å². The standard InChI is InChI=1S/C17H23N/c1-13-7-9-14(10-8-13)17(15-11-12-15)18-16-5-3-2-4-6-16/h2-3,7-10,15-18H,4-6,11-12H2,1H3. The number of nitrogens with one attached hydrogen (secondary N) is 1. The maximum absolute atomic E-state index is 3.90. The van der Waals surface area contributed by atoms with Gasteiger partial charge in [-0.15, -0.1) is 0 Å². The number of hydrogen-bond donors (Lipinski definition) is 1. The number of rotatable bonds is 4. The Morgan fingerprint density at radius 1 is 1.06 bits per heavy atom. The Morgan fingerprint density at radius 3 is 2.44 bits per heavy atom. The lowest BCUT2D eigenvalue weighted by atomic mass is 9.96. The van der Waals surface area contributed by atoms with Gasteiger partial charge in [0, 0.05) is 12.1 Å². The first-order valence-corrected chi connectivity index (χ1v) is 7.30. The van der Waals surface area contributed by atoms with Gasteiger partial charge in [-0.1, -0.05) is 42.0 Å². The number of benzene rings is 1. The third-order valence-electron chi connectivity index (χ3n) is 4.21. The van der Waals surface area contributed by atoms with Gasteiger partial charge in [-0.2, -0.15) is 0 Å². The predicted octanol–water partition coefficient (Wildman–Crippen LogP) is 4.14. The van der Waals surface area contributed by atoms with Crippen LogP contribution in [0.1, 0.15) is 49.3 Å². The molecular weight excluding hydrogens is 218 g/mol. The van der Waals surface area contributed by atoms with Crippen molar-refractivity contribution in [2.75, 3.05) is 0 Å². The van der Waals surface area contributed by atoms with E-state index < -0.39 is 0 Å². The van der Waals surface area contributed by atoms with E-state index in [1.165, 1.54) is 43.2 Å². The van der Waals surface area contributed by atoms with Crippen LogP contribution in [0.4, 0.5) is 0 Å². The van der Waals surface area contributed by atoms with Crippen molar-refractivity contribution in [2.24, 2.45) is 5.92 Å². The normalized spacial score (nSPS) is 25.1. The van der Waals surface area contributed by atoms with E-state index in [2.05, 4.69) is 48.7 Å². The Balaban J connectivity index is 1.71. The van der Waals surface area contributed by atoms with Gasteiger partial charge in [0.05, 0.1) is 0 Å². The van der Waals surface area contributed by atoms with Crippen molar-refractivity contribution >= 4 is 0 Å². The second-order valence-corrected chi connectivity index (χ2v) is 5.87. The number of allylic oxidation sites excluding steroid dienone is 1. The van der Waals surface area contributed by atoms with E-state index in [0.717, 1.165) is 5.92 Å². The average Bonchev–Trinajstić information content (AvgIpc) is 3.23. The summed E-state index contributed by atoms with van der Waals surface area (Å²) in [5.74, 6) is 0.874. The molecule has 0 amide bonds. The van der Waals surface area contributed by atoms with Crippen LogP contribution in [0.2, 0.25) is 0 Å². The molecule has 0 saturated heterocycles. The second-order valence-electron chi connectivity index (χ2n) is 5.87. The number of aryl methyl sites for hydroxylation is 1. The first-order chi connectivity index (χ1) is 8.83. The summed E-state index contributed by atoms with van der Waals surface area (Å²) in [6, 6.07) is 10.4. The minimum Gasteiger partial charge on any atom is -0.307 e. The zero-order chi connectivity index (χ0) is 12.4. The van der Waals surface area contributed by atoms with E-state index in [1.807, 2.05) is 0 Å². The van der Waals surface area contributed by atoms with E-state index >= 15 is 0 Å². The topological polar surface area (TPSA) is 12.0 Å². The molecule has 1 aromatic rings. The van der Waals surface area contributed by atoms with Gasteiger partial charge in [0.25, 0.3) is 0 Å². The lowest BCUT2D eigenvalue weighted by molar-refractivity contribution is 0.382. The van der Waals surface area contributed by atoms with Crippen LogP contribution < -0.4 is 5.32 Å². The highest BCUT2D eigenvalue weighted by atomic mass is 15.0. The molecule has 0 aromatic heterocycles. The molecule has 0 radical (unpaired) electrons. The molecule has 0 spiro atoms. The maximum atomic E-state index is 3.90. The van der Waals surface area contributed by atoms with Crippen molar-refractivity contribution in [3.05, 3.63) is 47.5 Å². The lowest BCUT2D eigenvalue weighted by Gasteiger charge is -2.27. The molecule has 0 bridgehead atoms. The monoisotopic (exact) mass is 241 g/mol. The van der Waals surface area contributed by atoms with Crippen LogP contribution in [0.3, 0.4) is 0 Å². The molecule has 0 heterocycles. The van der Waals surface area contributed by atoms with Gasteiger partial charge < -0.3 is 5.32 Å². The molecule has 2 unspecified atom stereocenters. The molecule has 2 aliphatic carbocycles. The summed E-state index contributed by atoms with van der Waals surface area (Å²) < 4.78 is 0. The van der Waals surface area contributed by atoms with E-state index in [-0.39, 0.29) is 0 Å². The first-order valence-electron chi connectivity index (χ1n) is 7.30. The molecule has 0 aliphatic heterocycles. The molecule has 1 nitrogen and oxygen atoms in total. The van der Waals surface area contributed by atoms with Gasteiger partial charge >= 0.3 is 0 Å². The highest BCUT2D eigenvalue weighted by molar-refractivity contribution is 5.25. The SMILES string of the molecule is Cc1ccc(C(NC2CC=CCC2)C2CC2)cc1. The molecule has 2 aliphatic rings. The Morgan fingerprint density at radius 2 is 1.83 bits per heavy atom. The van der Waals surface area contributed by atoms with Crippen LogP contribution in [0, 0.1) is 12.8 Å². The van der Waals surface area contributed by atoms with Crippen molar-refractivity contribution in [1.29, 1.82) is 0 Å². The fourth-order valence-electron chi connectivity index (χ4n) is 2.91. The summed E-state index contributed by atoms with van der Waals surface area (Å²) in [5, 5.41) is 3.90. The van der Waals surface area contributed by atoms with Crippen LogP contribution in [0.5, 0.6) is 0 Å². The Kier molecular flexibility index (Phi) is 3.51. The predicted molar refractivity (Wildman–Crippen MR) is 76.6 cm³/mol. The van der Waals surface area contributed by atoms with Crippen LogP contribution in [-0.4, -0.2) is 6.04 Å². The Labute approximate surface area is 110 Å². The molecule has 2 atom stereocenters. The third kappa shape index (κ3) is 2.84. The van der Waals surface area contributed by atoms with Crippen LogP contribution in [-0.2, 0) is 0 Å². The smallest absolute Gasteiger partial charge is 0.0351 e. The zero-order valence-electron chi connectivity index (χ0n) is 11.2. The molecule has 96 valence electrons. The van der Waals surface area contributed by atoms with Gasteiger partial charge in [-0.3, -0.25) is 0 Å². The second kappa shape index (κ2) is 5.27. The summed E-state index contributed by atoms with van der Waals surface area (Å²) in [7, 11) is 0. The molecule has 1 heteroatoms.